The van der Waals surface area contributed by atoms with Gasteiger partial charge in [0.2, 0.25) is 0 Å². The summed E-state index contributed by atoms with van der Waals surface area (Å²) in [6.45, 7) is 13.1. The Morgan fingerprint density at radius 3 is 2.00 bits per heavy atom. The number of rotatable bonds is 1. The summed E-state index contributed by atoms with van der Waals surface area (Å²) in [6.07, 6.45) is 7.04. The van der Waals surface area contributed by atoms with Gasteiger partial charge in [0.1, 0.15) is 0 Å². The van der Waals surface area contributed by atoms with Crippen LogP contribution >= 0.6 is 0 Å². The van der Waals surface area contributed by atoms with E-state index in [4.69, 9.17) is 0 Å². The molecule has 0 nitrogen and oxygen atoms in total. The third kappa shape index (κ3) is 3.38. The lowest BCUT2D eigenvalue weighted by Gasteiger charge is -2.22. The molecule has 0 aliphatic heterocycles. The van der Waals surface area contributed by atoms with Crippen molar-refractivity contribution in [1.29, 1.82) is 0 Å². The lowest BCUT2D eigenvalue weighted by atomic mass is 9.83. The maximum absolute atomic E-state index is 2.36. The molecule has 0 N–H and O–H groups in total. The summed E-state index contributed by atoms with van der Waals surface area (Å²) in [5, 5.41) is 0. The molecule has 0 unspecified atom stereocenters. The van der Waals surface area contributed by atoms with Gasteiger partial charge in [-0.3, -0.25) is 0 Å². The first-order valence-corrected chi connectivity index (χ1v) is 5.45. The zero-order valence-corrected chi connectivity index (χ0v) is 10.1. The van der Waals surface area contributed by atoms with Crippen LogP contribution in [0.4, 0.5) is 0 Å². The summed E-state index contributed by atoms with van der Waals surface area (Å²) in [5.41, 5.74) is 3.45. The molecule has 0 aromatic heterocycles. The number of hydrogen-bond donors (Lipinski definition) is 0. The third-order valence-electron chi connectivity index (χ3n) is 2.22. The van der Waals surface area contributed by atoms with E-state index in [0.717, 1.165) is 6.42 Å². The van der Waals surface area contributed by atoms with Crippen LogP contribution in [0.2, 0.25) is 0 Å². The SMILES string of the molecule is CC.CCC1=CCC=C1C(C)(C)C. The van der Waals surface area contributed by atoms with Gasteiger partial charge in [-0.2, -0.15) is 0 Å². The van der Waals surface area contributed by atoms with Gasteiger partial charge >= 0.3 is 0 Å². The molecule has 0 aromatic carbocycles. The smallest absolute Gasteiger partial charge is 0.0132 e. The fourth-order valence-corrected chi connectivity index (χ4v) is 1.68. The lowest BCUT2D eigenvalue weighted by molar-refractivity contribution is 0.509. The van der Waals surface area contributed by atoms with Gasteiger partial charge in [0, 0.05) is 0 Å². The Bertz CT molecular complexity index is 199. The van der Waals surface area contributed by atoms with E-state index in [1.165, 1.54) is 6.42 Å². The predicted molar refractivity (Wildman–Crippen MR) is 61.9 cm³/mol. The largest absolute Gasteiger partial charge is 0.0772 e. The van der Waals surface area contributed by atoms with Crippen molar-refractivity contribution in [2.45, 2.75) is 54.4 Å². The molecule has 0 heterocycles. The third-order valence-corrected chi connectivity index (χ3v) is 2.22. The minimum absolute atomic E-state index is 0.346. The first-order chi connectivity index (χ1) is 6.05. The Morgan fingerprint density at radius 2 is 1.69 bits per heavy atom. The molecule has 13 heavy (non-hydrogen) atoms. The van der Waals surface area contributed by atoms with Gasteiger partial charge in [-0.25, -0.2) is 0 Å². The molecule has 0 atom stereocenters. The van der Waals surface area contributed by atoms with Gasteiger partial charge in [0.15, 0.2) is 0 Å². The average Bonchev–Trinajstić information content (AvgIpc) is 2.54. The average molecular weight is 180 g/mol. The van der Waals surface area contributed by atoms with E-state index < -0.39 is 0 Å². The number of allylic oxidation sites excluding steroid dienone is 4. The Hall–Kier alpha value is -0.520. The Labute approximate surface area is 83.7 Å². The van der Waals surface area contributed by atoms with Crippen LogP contribution in [0.25, 0.3) is 0 Å². The van der Waals surface area contributed by atoms with Gasteiger partial charge < -0.3 is 0 Å². The van der Waals surface area contributed by atoms with Crippen LogP contribution < -0.4 is 0 Å². The van der Waals surface area contributed by atoms with Crippen molar-refractivity contribution in [3.8, 4) is 0 Å². The van der Waals surface area contributed by atoms with Crippen LogP contribution in [0.1, 0.15) is 54.4 Å². The van der Waals surface area contributed by atoms with E-state index in [2.05, 4.69) is 39.8 Å². The standard InChI is InChI=1S/C11H18.C2H6/c1-5-9-7-6-8-10(9)11(2,3)4;1-2/h7-8H,5-6H2,1-4H3;1-2H3. The Morgan fingerprint density at radius 1 is 1.15 bits per heavy atom. The molecule has 0 aromatic rings. The highest BCUT2D eigenvalue weighted by molar-refractivity contribution is 5.40. The molecule has 0 fully saturated rings. The molecule has 0 radical (unpaired) electrons. The molecule has 0 saturated heterocycles. The predicted octanol–water partition coefficient (Wildman–Crippen LogP) is 4.73. The maximum Gasteiger partial charge on any atom is -0.0132 e. The second-order valence-electron chi connectivity index (χ2n) is 4.19. The summed E-state index contributed by atoms with van der Waals surface area (Å²) in [7, 11) is 0. The summed E-state index contributed by atoms with van der Waals surface area (Å²) in [4.78, 5) is 0. The highest BCUT2D eigenvalue weighted by Gasteiger charge is 2.21. The summed E-state index contributed by atoms with van der Waals surface area (Å²) in [5.74, 6) is 0. The minimum atomic E-state index is 0.346. The maximum atomic E-state index is 2.36. The zero-order chi connectivity index (χ0) is 10.5. The monoisotopic (exact) mass is 180 g/mol. The summed E-state index contributed by atoms with van der Waals surface area (Å²) < 4.78 is 0. The van der Waals surface area contributed by atoms with E-state index in [1.54, 1.807) is 11.1 Å². The van der Waals surface area contributed by atoms with Gasteiger partial charge in [-0.05, 0) is 29.4 Å². The van der Waals surface area contributed by atoms with Crippen molar-refractivity contribution < 1.29 is 0 Å². The van der Waals surface area contributed by atoms with E-state index in [9.17, 15) is 0 Å². The van der Waals surface area contributed by atoms with Crippen LogP contribution in [0.5, 0.6) is 0 Å². The molecule has 0 bridgehead atoms. The Balaban J connectivity index is 0.000000671. The second-order valence-corrected chi connectivity index (χ2v) is 4.19. The van der Waals surface area contributed by atoms with Crippen molar-refractivity contribution in [1.82, 2.24) is 0 Å². The molecular weight excluding hydrogens is 156 g/mol. The van der Waals surface area contributed by atoms with Gasteiger partial charge in [-0.15, -0.1) is 0 Å². The zero-order valence-electron chi connectivity index (χ0n) is 10.1. The summed E-state index contributed by atoms with van der Waals surface area (Å²) in [6, 6.07) is 0. The molecule has 1 rings (SSSR count). The summed E-state index contributed by atoms with van der Waals surface area (Å²) >= 11 is 0. The van der Waals surface area contributed by atoms with E-state index in [-0.39, 0.29) is 0 Å². The molecule has 0 saturated carbocycles. The highest BCUT2D eigenvalue weighted by atomic mass is 14.3. The molecule has 0 spiro atoms. The molecule has 1 aliphatic carbocycles. The van der Waals surface area contributed by atoms with Gasteiger partial charge in [0.25, 0.3) is 0 Å². The first kappa shape index (κ1) is 12.5. The van der Waals surface area contributed by atoms with E-state index in [1.807, 2.05) is 13.8 Å². The highest BCUT2D eigenvalue weighted by Crippen LogP contribution is 2.36. The van der Waals surface area contributed by atoms with Crippen LogP contribution in [0, 0.1) is 5.41 Å². The van der Waals surface area contributed by atoms with Crippen molar-refractivity contribution in [3.05, 3.63) is 23.3 Å². The Kier molecular flexibility index (Phi) is 5.05. The first-order valence-electron chi connectivity index (χ1n) is 5.45. The lowest BCUT2D eigenvalue weighted by Crippen LogP contribution is -2.09. The van der Waals surface area contributed by atoms with Gasteiger partial charge in [0.05, 0.1) is 0 Å². The fraction of sp³-hybridized carbons (Fsp3) is 0.692. The van der Waals surface area contributed by atoms with Crippen LogP contribution in [-0.2, 0) is 0 Å². The van der Waals surface area contributed by atoms with Crippen molar-refractivity contribution in [2.75, 3.05) is 0 Å². The molecule has 0 heteroatoms. The van der Waals surface area contributed by atoms with Crippen LogP contribution in [-0.4, -0.2) is 0 Å². The molecular formula is C13H24. The van der Waals surface area contributed by atoms with E-state index >= 15 is 0 Å². The van der Waals surface area contributed by atoms with Crippen molar-refractivity contribution in [3.63, 3.8) is 0 Å². The van der Waals surface area contributed by atoms with Crippen LogP contribution in [0.15, 0.2) is 23.3 Å². The molecule has 76 valence electrons. The number of hydrogen-bond acceptors (Lipinski definition) is 0. The molecule has 1 aliphatic rings. The van der Waals surface area contributed by atoms with Gasteiger partial charge in [-0.1, -0.05) is 53.7 Å². The van der Waals surface area contributed by atoms with Crippen molar-refractivity contribution in [2.24, 2.45) is 5.41 Å². The molecule has 0 amide bonds. The normalized spacial score (nSPS) is 15.8. The van der Waals surface area contributed by atoms with E-state index in [0.29, 0.717) is 5.41 Å². The van der Waals surface area contributed by atoms with Crippen LogP contribution in [0.3, 0.4) is 0 Å². The van der Waals surface area contributed by atoms with Crippen molar-refractivity contribution >= 4 is 0 Å². The topological polar surface area (TPSA) is 0 Å². The second kappa shape index (κ2) is 5.26. The quantitative estimate of drug-likeness (QED) is 0.547. The minimum Gasteiger partial charge on any atom is -0.0772 e. The fourth-order valence-electron chi connectivity index (χ4n) is 1.68.